The highest BCUT2D eigenvalue weighted by atomic mass is 32.2. The molecule has 164 valence electrons. The van der Waals surface area contributed by atoms with E-state index < -0.39 is 33.6 Å². The fraction of sp³-hybridized carbons (Fsp3) is 0.500. The first-order valence-corrected chi connectivity index (χ1v) is 11.1. The largest absolute Gasteiger partial charge is 0.360 e. The van der Waals surface area contributed by atoms with E-state index in [9.17, 15) is 22.0 Å². The minimum Gasteiger partial charge on any atom is -0.360 e. The summed E-state index contributed by atoms with van der Waals surface area (Å²) in [4.78, 5) is 14.6. The molecule has 0 N–H and O–H groups in total. The Morgan fingerprint density at radius 1 is 1.30 bits per heavy atom. The van der Waals surface area contributed by atoms with Crippen LogP contribution in [0.15, 0.2) is 27.6 Å². The number of carbonyl (C=O) groups excluding carboxylic acids is 1. The van der Waals surface area contributed by atoms with Crippen molar-refractivity contribution >= 4 is 15.9 Å². The van der Waals surface area contributed by atoms with E-state index in [4.69, 9.17) is 4.52 Å². The van der Waals surface area contributed by atoms with Crippen LogP contribution in [0.5, 0.6) is 0 Å². The average molecular weight is 442 g/mol. The van der Waals surface area contributed by atoms with Crippen molar-refractivity contribution in [3.63, 3.8) is 0 Å². The van der Waals surface area contributed by atoms with Crippen LogP contribution in [-0.2, 0) is 14.8 Å². The fourth-order valence-corrected chi connectivity index (χ4v) is 5.62. The Labute approximate surface area is 174 Å². The van der Waals surface area contributed by atoms with Crippen molar-refractivity contribution in [1.29, 1.82) is 0 Å². The van der Waals surface area contributed by atoms with Crippen LogP contribution in [0.3, 0.4) is 0 Å². The predicted molar refractivity (Wildman–Crippen MR) is 105 cm³/mol. The van der Waals surface area contributed by atoms with Gasteiger partial charge in [0.05, 0.1) is 12.0 Å². The minimum absolute atomic E-state index is 0.0408. The van der Waals surface area contributed by atoms with Crippen LogP contribution in [0.1, 0.15) is 42.8 Å². The third kappa shape index (κ3) is 4.11. The predicted octanol–water partition coefficient (Wildman–Crippen LogP) is 3.19. The van der Waals surface area contributed by atoms with E-state index in [1.807, 2.05) is 0 Å². The molecule has 10 heteroatoms. The number of amides is 1. The van der Waals surface area contributed by atoms with Gasteiger partial charge in [0.1, 0.15) is 10.6 Å². The normalized spacial score (nSPS) is 18.9. The number of hydrogen-bond donors (Lipinski definition) is 0. The maximum atomic E-state index is 13.6. The maximum Gasteiger partial charge on any atom is 0.248 e. The lowest BCUT2D eigenvalue weighted by Gasteiger charge is -2.35. The second-order valence-electron chi connectivity index (χ2n) is 7.65. The molecule has 1 aromatic carbocycles. The number of carbonyl (C=O) groups is 1. The van der Waals surface area contributed by atoms with Gasteiger partial charge in [0.25, 0.3) is 0 Å². The molecule has 1 amide bonds. The third-order valence-electron chi connectivity index (χ3n) is 5.65. The van der Waals surface area contributed by atoms with Crippen LogP contribution in [0.4, 0.5) is 8.78 Å². The Bertz CT molecular complexity index is 1030. The zero-order valence-electron chi connectivity index (χ0n) is 17.4. The summed E-state index contributed by atoms with van der Waals surface area (Å²) >= 11 is 0. The molecule has 1 aromatic heterocycles. The van der Waals surface area contributed by atoms with E-state index in [-0.39, 0.29) is 28.8 Å². The topological polar surface area (TPSA) is 83.7 Å². The summed E-state index contributed by atoms with van der Waals surface area (Å²) in [6.07, 6.45) is 1.08. The molecular weight excluding hydrogens is 416 g/mol. The van der Waals surface area contributed by atoms with Crippen LogP contribution in [-0.4, -0.2) is 48.8 Å². The monoisotopic (exact) mass is 441 g/mol. The van der Waals surface area contributed by atoms with E-state index >= 15 is 0 Å². The molecule has 0 saturated carbocycles. The highest BCUT2D eigenvalue weighted by Gasteiger charge is 2.37. The van der Waals surface area contributed by atoms with Crippen molar-refractivity contribution in [1.82, 2.24) is 14.4 Å². The first-order valence-electron chi connectivity index (χ1n) is 9.68. The summed E-state index contributed by atoms with van der Waals surface area (Å²) in [6, 6.07) is 3.03. The van der Waals surface area contributed by atoms with E-state index in [2.05, 4.69) is 5.16 Å². The standard InChI is InChI=1S/C20H25F2N3O4S/c1-12-19(14(3)29-23-12)30(27,28)25-9-5-6-16(11-25)20(26)24(4)13(2)15-7-8-17(21)18(22)10-15/h7-8,10,13,16H,5-6,9,11H2,1-4H3. The molecular formula is C20H25F2N3O4S. The van der Waals surface area contributed by atoms with Crippen molar-refractivity contribution in [3.8, 4) is 0 Å². The second-order valence-corrected chi connectivity index (χ2v) is 9.53. The van der Waals surface area contributed by atoms with Crippen molar-refractivity contribution in [3.05, 3.63) is 46.9 Å². The molecule has 30 heavy (non-hydrogen) atoms. The zero-order chi connectivity index (χ0) is 22.2. The smallest absolute Gasteiger partial charge is 0.248 e. The molecule has 3 rings (SSSR count). The molecule has 1 aliphatic heterocycles. The highest BCUT2D eigenvalue weighted by Crippen LogP contribution is 2.30. The van der Waals surface area contributed by atoms with Crippen LogP contribution in [0.25, 0.3) is 0 Å². The van der Waals surface area contributed by atoms with Gasteiger partial charge in [-0.25, -0.2) is 17.2 Å². The zero-order valence-corrected chi connectivity index (χ0v) is 18.2. The van der Waals surface area contributed by atoms with Gasteiger partial charge in [-0.3, -0.25) is 4.79 Å². The molecule has 7 nitrogen and oxygen atoms in total. The highest BCUT2D eigenvalue weighted by molar-refractivity contribution is 7.89. The Kier molecular flexibility index (Phi) is 6.28. The second kappa shape index (κ2) is 8.43. The Morgan fingerprint density at radius 2 is 2.00 bits per heavy atom. The summed E-state index contributed by atoms with van der Waals surface area (Å²) in [5.41, 5.74) is 0.741. The molecule has 2 atom stereocenters. The molecule has 0 spiro atoms. The van der Waals surface area contributed by atoms with Gasteiger partial charge in [-0.15, -0.1) is 0 Å². The average Bonchev–Trinajstić information content (AvgIpc) is 3.07. The summed E-state index contributed by atoms with van der Waals surface area (Å²) in [5.74, 6) is -2.50. The minimum atomic E-state index is -3.84. The fourth-order valence-electron chi connectivity index (χ4n) is 3.81. The molecule has 2 heterocycles. The van der Waals surface area contributed by atoms with Crippen molar-refractivity contribution < 1.29 is 26.5 Å². The van der Waals surface area contributed by atoms with E-state index in [0.29, 0.717) is 24.9 Å². The van der Waals surface area contributed by atoms with Crippen molar-refractivity contribution in [2.45, 2.75) is 44.6 Å². The van der Waals surface area contributed by atoms with Gasteiger partial charge in [-0.2, -0.15) is 4.31 Å². The van der Waals surface area contributed by atoms with Gasteiger partial charge in [-0.1, -0.05) is 11.2 Å². The molecule has 2 unspecified atom stereocenters. The lowest BCUT2D eigenvalue weighted by atomic mass is 9.96. The van der Waals surface area contributed by atoms with E-state index in [1.54, 1.807) is 20.9 Å². The summed E-state index contributed by atoms with van der Waals surface area (Å²) < 4.78 is 59.2. The van der Waals surface area contributed by atoms with Crippen LogP contribution in [0.2, 0.25) is 0 Å². The molecule has 0 aliphatic carbocycles. The number of sulfonamides is 1. The molecule has 0 radical (unpaired) electrons. The summed E-state index contributed by atoms with van der Waals surface area (Å²) in [5, 5.41) is 3.72. The van der Waals surface area contributed by atoms with Gasteiger partial charge < -0.3 is 9.42 Å². The lowest BCUT2D eigenvalue weighted by molar-refractivity contribution is -0.137. The SMILES string of the molecule is Cc1noc(C)c1S(=O)(=O)N1CCCC(C(=O)N(C)C(C)c2ccc(F)c(F)c2)C1. The number of rotatable bonds is 5. The molecule has 0 bridgehead atoms. The van der Waals surface area contributed by atoms with Crippen LogP contribution in [0, 0.1) is 31.4 Å². The molecule has 1 fully saturated rings. The van der Waals surface area contributed by atoms with Crippen LogP contribution < -0.4 is 0 Å². The number of benzene rings is 1. The number of aromatic nitrogens is 1. The quantitative estimate of drug-likeness (QED) is 0.712. The molecule has 1 aliphatic rings. The Balaban J connectivity index is 1.77. The Morgan fingerprint density at radius 3 is 2.60 bits per heavy atom. The lowest BCUT2D eigenvalue weighted by Crippen LogP contribution is -2.46. The van der Waals surface area contributed by atoms with E-state index in [1.165, 1.54) is 22.2 Å². The Hall–Kier alpha value is -2.33. The molecule has 2 aromatic rings. The number of aryl methyl sites for hydroxylation is 2. The summed E-state index contributed by atoms with van der Waals surface area (Å²) in [7, 11) is -2.26. The van der Waals surface area contributed by atoms with Gasteiger partial charge in [-0.05, 0) is 51.3 Å². The summed E-state index contributed by atoms with van der Waals surface area (Å²) in [6.45, 7) is 5.16. The van der Waals surface area contributed by atoms with E-state index in [0.717, 1.165) is 12.1 Å². The first-order chi connectivity index (χ1) is 14.0. The number of hydrogen-bond acceptors (Lipinski definition) is 5. The van der Waals surface area contributed by atoms with Crippen molar-refractivity contribution in [2.24, 2.45) is 5.92 Å². The van der Waals surface area contributed by atoms with Gasteiger partial charge in [0.15, 0.2) is 17.4 Å². The van der Waals surface area contributed by atoms with Gasteiger partial charge in [0.2, 0.25) is 15.9 Å². The van der Waals surface area contributed by atoms with Gasteiger partial charge in [0, 0.05) is 20.1 Å². The maximum absolute atomic E-state index is 13.6. The number of nitrogens with zero attached hydrogens (tertiary/aromatic N) is 3. The van der Waals surface area contributed by atoms with Gasteiger partial charge >= 0.3 is 0 Å². The third-order valence-corrected chi connectivity index (χ3v) is 7.76. The number of halogens is 2. The number of piperidine rings is 1. The van der Waals surface area contributed by atoms with Crippen molar-refractivity contribution in [2.75, 3.05) is 20.1 Å². The first kappa shape index (κ1) is 22.4. The molecule has 1 saturated heterocycles. The van der Waals surface area contributed by atoms with Crippen LogP contribution >= 0.6 is 0 Å².